The van der Waals surface area contributed by atoms with Gasteiger partial charge in [0.1, 0.15) is 6.04 Å². The van der Waals surface area contributed by atoms with Crippen molar-refractivity contribution < 1.29 is 24.6 Å². The van der Waals surface area contributed by atoms with E-state index in [1.165, 1.54) is 11.8 Å². The fourth-order valence-corrected chi connectivity index (χ4v) is 2.30. The number of aliphatic hydroxyl groups is 1. The molecular formula is C13H22N2O5. The van der Waals surface area contributed by atoms with Crippen molar-refractivity contribution in [2.75, 3.05) is 6.54 Å². The van der Waals surface area contributed by atoms with Crippen molar-refractivity contribution >= 4 is 17.8 Å². The van der Waals surface area contributed by atoms with E-state index in [1.54, 1.807) is 13.8 Å². The molecule has 0 radical (unpaired) electrons. The van der Waals surface area contributed by atoms with Gasteiger partial charge in [0.15, 0.2) is 0 Å². The van der Waals surface area contributed by atoms with Crippen molar-refractivity contribution in [3.05, 3.63) is 0 Å². The number of likely N-dealkylation sites (tertiary alicyclic amines) is 1. The number of aliphatic carboxylic acids is 1. The Balaban J connectivity index is 2.89. The van der Waals surface area contributed by atoms with Crippen LogP contribution in [0, 0.1) is 11.3 Å². The summed E-state index contributed by atoms with van der Waals surface area (Å²) in [6.45, 7) is 4.97. The van der Waals surface area contributed by atoms with Crippen molar-refractivity contribution in [3.8, 4) is 0 Å². The highest BCUT2D eigenvalue weighted by molar-refractivity contribution is 5.90. The number of hydrogen-bond acceptors (Lipinski definition) is 4. The topological polar surface area (TPSA) is 121 Å². The quantitative estimate of drug-likeness (QED) is 0.633. The average Bonchev–Trinajstić information content (AvgIpc) is 2.70. The van der Waals surface area contributed by atoms with Gasteiger partial charge in [-0.15, -0.1) is 0 Å². The zero-order chi connectivity index (χ0) is 15.7. The number of nitrogens with zero attached hydrogens (tertiary/aromatic N) is 1. The van der Waals surface area contributed by atoms with Crippen LogP contribution in [-0.4, -0.2) is 51.6 Å². The van der Waals surface area contributed by atoms with Crippen molar-refractivity contribution in [2.24, 2.45) is 17.1 Å². The minimum atomic E-state index is -1.22. The van der Waals surface area contributed by atoms with Crippen LogP contribution in [0.1, 0.15) is 33.6 Å². The Morgan fingerprint density at radius 1 is 1.40 bits per heavy atom. The lowest BCUT2D eigenvalue weighted by atomic mass is 9.76. The number of rotatable bonds is 5. The summed E-state index contributed by atoms with van der Waals surface area (Å²) in [5.74, 6) is -2.46. The molecule has 1 saturated heterocycles. The molecule has 20 heavy (non-hydrogen) atoms. The van der Waals surface area contributed by atoms with Crippen molar-refractivity contribution in [1.29, 1.82) is 0 Å². The van der Waals surface area contributed by atoms with Gasteiger partial charge in [-0.1, -0.05) is 13.8 Å². The predicted octanol–water partition coefficient (Wildman–Crippen LogP) is -0.429. The highest BCUT2D eigenvalue weighted by Crippen LogP contribution is 2.33. The predicted molar refractivity (Wildman–Crippen MR) is 70.5 cm³/mol. The summed E-state index contributed by atoms with van der Waals surface area (Å²) in [5, 5.41) is 18.9. The number of primary amides is 1. The largest absolute Gasteiger partial charge is 0.481 e. The van der Waals surface area contributed by atoms with Gasteiger partial charge >= 0.3 is 5.97 Å². The average molecular weight is 286 g/mol. The third-order valence-electron chi connectivity index (χ3n) is 4.21. The number of carbonyl (C=O) groups is 3. The van der Waals surface area contributed by atoms with E-state index in [-0.39, 0.29) is 25.3 Å². The zero-order valence-corrected chi connectivity index (χ0v) is 12.0. The summed E-state index contributed by atoms with van der Waals surface area (Å²) < 4.78 is 0. The van der Waals surface area contributed by atoms with Gasteiger partial charge in [0, 0.05) is 19.4 Å². The van der Waals surface area contributed by atoms with E-state index in [0.717, 1.165) is 0 Å². The summed E-state index contributed by atoms with van der Waals surface area (Å²) >= 11 is 0. The third-order valence-corrected chi connectivity index (χ3v) is 4.21. The molecule has 7 nitrogen and oxygen atoms in total. The van der Waals surface area contributed by atoms with Gasteiger partial charge in [-0.05, 0) is 12.8 Å². The van der Waals surface area contributed by atoms with E-state index < -0.39 is 35.3 Å². The van der Waals surface area contributed by atoms with Crippen LogP contribution in [-0.2, 0) is 14.4 Å². The molecule has 0 aromatic carbocycles. The third kappa shape index (κ3) is 3.09. The molecule has 1 heterocycles. The molecule has 0 saturated carbocycles. The molecule has 0 aromatic rings. The van der Waals surface area contributed by atoms with Crippen molar-refractivity contribution in [3.63, 3.8) is 0 Å². The number of carboxylic acid groups (broad SMARTS) is 1. The molecule has 0 aliphatic carbocycles. The number of carbonyl (C=O) groups excluding carboxylic acids is 2. The molecule has 1 aliphatic rings. The number of nitrogens with two attached hydrogens (primary N) is 1. The second kappa shape index (κ2) is 5.78. The molecule has 0 spiro atoms. The van der Waals surface area contributed by atoms with Gasteiger partial charge in [0.25, 0.3) is 0 Å². The summed E-state index contributed by atoms with van der Waals surface area (Å²) in [7, 11) is 0. The van der Waals surface area contributed by atoms with Crippen LogP contribution < -0.4 is 5.73 Å². The zero-order valence-electron chi connectivity index (χ0n) is 12.0. The van der Waals surface area contributed by atoms with Crippen LogP contribution in [0.3, 0.4) is 0 Å². The van der Waals surface area contributed by atoms with E-state index in [9.17, 15) is 24.6 Å². The fraction of sp³-hybridized carbons (Fsp3) is 0.769. The molecular weight excluding hydrogens is 264 g/mol. The lowest BCUT2D eigenvalue weighted by Gasteiger charge is -2.31. The number of β-amino-alcohol motifs (C(OH)–C–C–N with tert-alkyl or cyclic N) is 1. The molecule has 114 valence electrons. The monoisotopic (exact) mass is 286 g/mol. The Hall–Kier alpha value is -1.63. The van der Waals surface area contributed by atoms with Gasteiger partial charge < -0.3 is 20.8 Å². The fourth-order valence-electron chi connectivity index (χ4n) is 2.30. The highest BCUT2D eigenvalue weighted by Gasteiger charge is 2.44. The highest BCUT2D eigenvalue weighted by atomic mass is 16.4. The first-order chi connectivity index (χ1) is 9.09. The van der Waals surface area contributed by atoms with E-state index in [4.69, 9.17) is 5.73 Å². The lowest BCUT2D eigenvalue weighted by Crippen LogP contribution is -2.47. The van der Waals surface area contributed by atoms with E-state index >= 15 is 0 Å². The number of hydrogen-bond donors (Lipinski definition) is 3. The molecule has 3 atom stereocenters. The Bertz CT molecular complexity index is 423. The van der Waals surface area contributed by atoms with Crippen LogP contribution >= 0.6 is 0 Å². The van der Waals surface area contributed by atoms with Crippen LogP contribution in [0.2, 0.25) is 0 Å². The normalized spacial score (nSPS) is 25.6. The molecule has 1 aliphatic heterocycles. The SMILES string of the molecule is CC(C)C(C)(CC(=O)N1CC(O)CC1C(N)=O)C(=O)O. The second-order valence-corrected chi connectivity index (χ2v) is 5.91. The smallest absolute Gasteiger partial charge is 0.310 e. The van der Waals surface area contributed by atoms with Crippen LogP contribution in [0.25, 0.3) is 0 Å². The number of amides is 2. The summed E-state index contributed by atoms with van der Waals surface area (Å²) in [6, 6.07) is -0.859. The summed E-state index contributed by atoms with van der Waals surface area (Å²) in [4.78, 5) is 36.1. The summed E-state index contributed by atoms with van der Waals surface area (Å²) in [6.07, 6.45) is -0.921. The van der Waals surface area contributed by atoms with Gasteiger partial charge in [0.05, 0.1) is 11.5 Å². The first-order valence-electron chi connectivity index (χ1n) is 6.59. The van der Waals surface area contributed by atoms with E-state index in [0.29, 0.717) is 0 Å². The Kier molecular flexibility index (Phi) is 4.75. The molecule has 1 rings (SSSR count). The van der Waals surface area contributed by atoms with E-state index in [1.807, 2.05) is 0 Å². The maximum atomic E-state index is 12.3. The first kappa shape index (κ1) is 16.4. The Morgan fingerprint density at radius 3 is 2.35 bits per heavy atom. The Morgan fingerprint density at radius 2 is 1.95 bits per heavy atom. The number of carboxylic acids is 1. The Labute approximate surface area is 117 Å². The van der Waals surface area contributed by atoms with Crippen LogP contribution in [0.15, 0.2) is 0 Å². The van der Waals surface area contributed by atoms with Gasteiger partial charge in [-0.3, -0.25) is 14.4 Å². The lowest BCUT2D eigenvalue weighted by molar-refractivity contribution is -0.156. The van der Waals surface area contributed by atoms with Gasteiger partial charge in [0.2, 0.25) is 11.8 Å². The maximum absolute atomic E-state index is 12.3. The van der Waals surface area contributed by atoms with Gasteiger partial charge in [-0.25, -0.2) is 0 Å². The van der Waals surface area contributed by atoms with Gasteiger partial charge in [-0.2, -0.15) is 0 Å². The number of aliphatic hydroxyl groups excluding tert-OH is 1. The molecule has 7 heteroatoms. The molecule has 0 bridgehead atoms. The minimum absolute atomic E-state index is 0.0141. The molecule has 0 aromatic heterocycles. The minimum Gasteiger partial charge on any atom is -0.481 e. The summed E-state index contributed by atoms with van der Waals surface area (Å²) in [5.41, 5.74) is 4.00. The standard InChI is InChI=1S/C13H22N2O5/c1-7(2)13(3,12(19)20)5-10(17)15-6-8(16)4-9(15)11(14)18/h7-9,16H,4-6H2,1-3H3,(H2,14,18)(H,19,20). The molecule has 3 unspecified atom stereocenters. The van der Waals surface area contributed by atoms with Crippen LogP contribution in [0.5, 0.6) is 0 Å². The second-order valence-electron chi connectivity index (χ2n) is 5.91. The molecule has 1 fully saturated rings. The van der Waals surface area contributed by atoms with E-state index in [2.05, 4.69) is 0 Å². The maximum Gasteiger partial charge on any atom is 0.310 e. The molecule has 4 N–H and O–H groups in total. The molecule has 2 amide bonds. The van der Waals surface area contributed by atoms with Crippen LogP contribution in [0.4, 0.5) is 0 Å². The van der Waals surface area contributed by atoms with Crippen molar-refractivity contribution in [2.45, 2.75) is 45.8 Å². The van der Waals surface area contributed by atoms with Crippen molar-refractivity contribution in [1.82, 2.24) is 4.90 Å². The first-order valence-corrected chi connectivity index (χ1v) is 6.59.